The van der Waals surface area contributed by atoms with Crippen molar-refractivity contribution in [3.8, 4) is 17.3 Å². The predicted octanol–water partition coefficient (Wildman–Crippen LogP) is 3.94. The number of ether oxygens (including phenoxy) is 1. The molecule has 5 aromatic rings. The van der Waals surface area contributed by atoms with Crippen LogP contribution in [0, 0.1) is 12.8 Å². The topological polar surface area (TPSA) is 115 Å². The highest BCUT2D eigenvalue weighted by molar-refractivity contribution is 7.92. The lowest BCUT2D eigenvalue weighted by Crippen LogP contribution is -2.34. The molecular weight excluding hydrogens is 566 g/mol. The molecule has 0 atom stereocenters. The van der Waals surface area contributed by atoms with Gasteiger partial charge in [-0.2, -0.15) is 0 Å². The van der Waals surface area contributed by atoms with Gasteiger partial charge < -0.3 is 9.30 Å². The zero-order chi connectivity index (χ0) is 29.7. The van der Waals surface area contributed by atoms with Gasteiger partial charge in [0.05, 0.1) is 24.3 Å². The van der Waals surface area contributed by atoms with Crippen molar-refractivity contribution in [1.29, 1.82) is 0 Å². The number of sulfonamides is 1. The molecule has 1 saturated heterocycles. The predicted molar refractivity (Wildman–Crippen MR) is 164 cm³/mol. The first-order valence-electron chi connectivity index (χ1n) is 14.5. The highest BCUT2D eigenvalue weighted by Gasteiger charge is 2.30. The standard InChI is InChI=1S/C31H33N7O4S/c1-21-30(33-28-14-24(20-39)15-29(42-2)38(21)28)26-16-25-7-8-27(34-31(25)36(26)19-22-5-6-22)37-11-10-35(12-13-43(37,40)41)18-23-4-3-9-32-17-23/h3-4,7-9,14-17,20,22H,5-6,10-13,18-19H2,1-2H3. The molecule has 11 nitrogen and oxygen atoms in total. The molecular formula is C31H33N7O4S. The maximum Gasteiger partial charge on any atom is 0.237 e. The van der Waals surface area contributed by atoms with E-state index in [1.54, 1.807) is 31.5 Å². The number of aromatic nitrogens is 5. The summed E-state index contributed by atoms with van der Waals surface area (Å²) in [5, 5.41) is 0.918. The van der Waals surface area contributed by atoms with E-state index in [2.05, 4.69) is 20.5 Å². The maximum atomic E-state index is 13.5. The number of fused-ring (bicyclic) bond motifs is 2. The number of methoxy groups -OCH3 is 1. The van der Waals surface area contributed by atoms with Gasteiger partial charge in [-0.15, -0.1) is 0 Å². The lowest BCUT2D eigenvalue weighted by atomic mass is 10.2. The van der Waals surface area contributed by atoms with E-state index in [1.165, 1.54) is 4.31 Å². The zero-order valence-corrected chi connectivity index (χ0v) is 25.0. The van der Waals surface area contributed by atoms with Gasteiger partial charge in [-0.25, -0.2) is 18.4 Å². The Balaban J connectivity index is 1.28. The molecule has 6 heterocycles. The van der Waals surface area contributed by atoms with Crippen molar-refractivity contribution in [3.05, 3.63) is 71.7 Å². The average molecular weight is 600 g/mol. The third-order valence-electron chi connectivity index (χ3n) is 8.40. The summed E-state index contributed by atoms with van der Waals surface area (Å²) in [4.78, 5) is 27.8. The zero-order valence-electron chi connectivity index (χ0n) is 24.2. The van der Waals surface area contributed by atoms with Crippen molar-refractivity contribution in [2.24, 2.45) is 5.92 Å². The van der Waals surface area contributed by atoms with Crippen molar-refractivity contribution in [2.45, 2.75) is 32.9 Å². The minimum absolute atomic E-state index is 0.0202. The summed E-state index contributed by atoms with van der Waals surface area (Å²) in [5.74, 6) is 1.52. The van der Waals surface area contributed by atoms with Crippen LogP contribution in [0.5, 0.6) is 5.88 Å². The van der Waals surface area contributed by atoms with Gasteiger partial charge in [0.2, 0.25) is 10.0 Å². The highest BCUT2D eigenvalue weighted by atomic mass is 32.2. The van der Waals surface area contributed by atoms with Gasteiger partial charge in [-0.3, -0.25) is 23.4 Å². The number of imidazole rings is 1. The van der Waals surface area contributed by atoms with Crippen LogP contribution in [0.25, 0.3) is 28.1 Å². The molecule has 1 saturated carbocycles. The van der Waals surface area contributed by atoms with E-state index in [-0.39, 0.29) is 5.75 Å². The Kier molecular flexibility index (Phi) is 6.89. The molecule has 2 aliphatic rings. The highest BCUT2D eigenvalue weighted by Crippen LogP contribution is 2.37. The third-order valence-corrected chi connectivity index (χ3v) is 10.1. The smallest absolute Gasteiger partial charge is 0.237 e. The minimum atomic E-state index is -3.57. The number of nitrogens with zero attached hydrogens (tertiary/aromatic N) is 7. The first-order chi connectivity index (χ1) is 20.8. The summed E-state index contributed by atoms with van der Waals surface area (Å²) < 4.78 is 38.1. The summed E-state index contributed by atoms with van der Waals surface area (Å²) in [6.07, 6.45) is 6.64. The maximum absolute atomic E-state index is 13.5. The Labute approximate surface area is 249 Å². The molecule has 2 fully saturated rings. The monoisotopic (exact) mass is 599 g/mol. The van der Waals surface area contributed by atoms with E-state index < -0.39 is 10.0 Å². The van der Waals surface area contributed by atoms with Crippen LogP contribution in [0.1, 0.15) is 34.5 Å². The van der Waals surface area contributed by atoms with Crippen LogP contribution in [0.15, 0.2) is 54.9 Å². The minimum Gasteiger partial charge on any atom is -0.482 e. The summed E-state index contributed by atoms with van der Waals surface area (Å²) in [7, 11) is -1.99. The van der Waals surface area contributed by atoms with Gasteiger partial charge in [0, 0.05) is 62.1 Å². The van der Waals surface area contributed by atoms with E-state index in [0.29, 0.717) is 55.0 Å². The van der Waals surface area contributed by atoms with Crippen LogP contribution in [0.2, 0.25) is 0 Å². The Hall–Kier alpha value is -4.29. The van der Waals surface area contributed by atoms with Gasteiger partial charge in [-0.05, 0) is 61.6 Å². The second-order valence-electron chi connectivity index (χ2n) is 11.4. The van der Waals surface area contributed by atoms with E-state index in [9.17, 15) is 13.2 Å². The number of pyridine rings is 3. The summed E-state index contributed by atoms with van der Waals surface area (Å²) >= 11 is 0. The van der Waals surface area contributed by atoms with Gasteiger partial charge in [0.25, 0.3) is 0 Å². The van der Waals surface area contributed by atoms with E-state index >= 15 is 0 Å². The molecule has 0 unspecified atom stereocenters. The Bertz CT molecular complexity index is 1950. The van der Waals surface area contributed by atoms with Gasteiger partial charge >= 0.3 is 0 Å². The fourth-order valence-corrected chi connectivity index (χ4v) is 7.41. The summed E-state index contributed by atoms with van der Waals surface area (Å²) in [6, 6.07) is 13.2. The van der Waals surface area contributed by atoms with Crippen molar-refractivity contribution in [2.75, 3.05) is 36.8 Å². The third kappa shape index (κ3) is 5.14. The average Bonchev–Trinajstić information content (AvgIpc) is 3.72. The number of aldehydes is 1. The Morgan fingerprint density at radius 2 is 1.93 bits per heavy atom. The van der Waals surface area contributed by atoms with Gasteiger partial charge in [0.1, 0.15) is 29.1 Å². The number of anilines is 1. The summed E-state index contributed by atoms with van der Waals surface area (Å²) in [5.41, 5.74) is 5.47. The Morgan fingerprint density at radius 3 is 2.67 bits per heavy atom. The number of hydrogen-bond donors (Lipinski definition) is 0. The molecule has 0 N–H and O–H groups in total. The lowest BCUT2D eigenvalue weighted by Gasteiger charge is -2.22. The van der Waals surface area contributed by atoms with Crippen molar-refractivity contribution >= 4 is 38.8 Å². The summed E-state index contributed by atoms with van der Waals surface area (Å²) in [6.45, 7) is 4.76. The number of aryl methyl sites for hydroxylation is 1. The number of carbonyl (C=O) groups excluding carboxylic acids is 1. The number of rotatable bonds is 8. The van der Waals surface area contributed by atoms with Crippen LogP contribution in [-0.2, 0) is 23.1 Å². The van der Waals surface area contributed by atoms with Crippen LogP contribution in [0.4, 0.5) is 5.82 Å². The van der Waals surface area contributed by atoms with Crippen molar-refractivity contribution < 1.29 is 17.9 Å². The van der Waals surface area contributed by atoms with Crippen LogP contribution in [0.3, 0.4) is 0 Å². The number of hydrogen-bond acceptors (Lipinski definition) is 8. The first kappa shape index (κ1) is 27.5. The van der Waals surface area contributed by atoms with E-state index in [4.69, 9.17) is 14.7 Å². The molecule has 1 aliphatic carbocycles. The van der Waals surface area contributed by atoms with E-state index in [0.717, 1.165) is 59.4 Å². The molecule has 0 amide bonds. The fourth-order valence-electron chi connectivity index (χ4n) is 5.96. The molecule has 7 rings (SSSR count). The molecule has 0 aromatic carbocycles. The lowest BCUT2D eigenvalue weighted by molar-refractivity contribution is 0.112. The number of carbonyl (C=O) groups is 1. The SMILES string of the molecule is COc1cc(C=O)cc2nc(-c3cc4ccc(N5CCN(Cc6cccnc6)CCS5(=O)=O)nc4n3CC3CC3)c(C)n12. The molecule has 0 bridgehead atoms. The second-order valence-corrected chi connectivity index (χ2v) is 13.4. The Morgan fingerprint density at radius 1 is 1.07 bits per heavy atom. The molecule has 0 radical (unpaired) electrons. The molecule has 12 heteroatoms. The van der Waals surface area contributed by atoms with Gasteiger partial charge in [-0.1, -0.05) is 6.07 Å². The van der Waals surface area contributed by atoms with E-state index in [1.807, 2.05) is 35.7 Å². The van der Waals surface area contributed by atoms with Crippen molar-refractivity contribution in [1.82, 2.24) is 28.8 Å². The first-order valence-corrected chi connectivity index (χ1v) is 16.1. The van der Waals surface area contributed by atoms with Gasteiger partial charge in [0.15, 0.2) is 5.88 Å². The van der Waals surface area contributed by atoms with Crippen molar-refractivity contribution in [3.63, 3.8) is 0 Å². The second kappa shape index (κ2) is 10.8. The molecule has 222 valence electrons. The largest absolute Gasteiger partial charge is 0.482 e. The quantitative estimate of drug-likeness (QED) is 0.247. The normalized spacial score (nSPS) is 17.4. The van der Waals surface area contributed by atoms with Crippen LogP contribution < -0.4 is 9.04 Å². The molecule has 5 aromatic heterocycles. The molecule has 1 aliphatic heterocycles. The molecule has 43 heavy (non-hydrogen) atoms. The van der Waals surface area contributed by atoms with Crippen LogP contribution in [-0.4, -0.2) is 76.0 Å². The fraction of sp³-hybridized carbons (Fsp3) is 0.355. The van der Waals surface area contributed by atoms with Crippen LogP contribution >= 0.6 is 0 Å². The molecule has 0 spiro atoms.